The first-order chi connectivity index (χ1) is 17.8. The summed E-state index contributed by atoms with van der Waals surface area (Å²) in [4.78, 5) is 36.1. The van der Waals surface area contributed by atoms with Gasteiger partial charge in [-0.15, -0.1) is 0 Å². The van der Waals surface area contributed by atoms with Gasteiger partial charge >= 0.3 is 18.0 Å². The van der Waals surface area contributed by atoms with E-state index in [1.54, 1.807) is 24.3 Å². The number of nitrogens with one attached hydrogen (secondary N) is 2. The Labute approximate surface area is 213 Å². The summed E-state index contributed by atoms with van der Waals surface area (Å²) in [6.07, 6.45) is 0.628. The zero-order valence-electron chi connectivity index (χ0n) is 20.0. The van der Waals surface area contributed by atoms with E-state index >= 15 is 0 Å². The van der Waals surface area contributed by atoms with Crippen molar-refractivity contribution in [1.29, 1.82) is 0 Å². The van der Waals surface area contributed by atoms with E-state index in [2.05, 4.69) is 10.6 Å². The summed E-state index contributed by atoms with van der Waals surface area (Å²) in [6, 6.07) is 22.4. The largest absolute Gasteiger partial charge is 0.477 e. The molecule has 0 aliphatic carbocycles. The topological polar surface area (TPSA) is 105 Å². The molecule has 194 valence electrons. The van der Waals surface area contributed by atoms with Gasteiger partial charge in [0.2, 0.25) is 5.91 Å². The fraction of sp³-hybridized carbons (Fsp3) is 0.250. The monoisotopic (exact) mass is 510 g/mol. The number of carboxylic acids is 1. The van der Waals surface area contributed by atoms with Gasteiger partial charge in [-0.05, 0) is 29.5 Å². The molecule has 3 aromatic carbocycles. The van der Waals surface area contributed by atoms with Crippen LogP contribution in [0, 0.1) is 0 Å². The van der Waals surface area contributed by atoms with Gasteiger partial charge in [-0.25, -0.2) is 9.59 Å². The Morgan fingerprint density at radius 3 is 2.03 bits per heavy atom. The smallest absolute Gasteiger partial charge is 0.408 e. The standard InChI is InChI=1S/C28H28F2N2O5/c29-28(30,26(34)35)23-15-13-21(14-16-23)18-24(32-27(36)37-19-22-10-5-2-6-11-22)25(33)31-17-7-12-20-8-3-1-4-9-20/h1-6,8-11,13-16,24H,7,12,17-19H2,(H,31,33)(H,32,36)(H,34,35). The number of carboxylic acid groups (broad SMARTS) is 1. The van der Waals surface area contributed by atoms with Gasteiger partial charge < -0.3 is 20.5 Å². The maximum atomic E-state index is 13.8. The zero-order valence-corrected chi connectivity index (χ0v) is 20.0. The molecule has 0 fully saturated rings. The van der Waals surface area contributed by atoms with E-state index in [9.17, 15) is 23.2 Å². The summed E-state index contributed by atoms with van der Waals surface area (Å²) < 4.78 is 32.7. The molecule has 3 N–H and O–H groups in total. The predicted octanol–water partition coefficient (Wildman–Crippen LogP) is 4.45. The maximum absolute atomic E-state index is 13.8. The number of hydrogen-bond donors (Lipinski definition) is 3. The average molecular weight is 511 g/mol. The van der Waals surface area contributed by atoms with Crippen LogP contribution in [0.5, 0.6) is 0 Å². The van der Waals surface area contributed by atoms with Gasteiger partial charge in [0.05, 0.1) is 0 Å². The van der Waals surface area contributed by atoms with Crippen molar-refractivity contribution in [2.45, 2.75) is 37.8 Å². The van der Waals surface area contributed by atoms with Gasteiger partial charge in [0, 0.05) is 18.5 Å². The average Bonchev–Trinajstić information content (AvgIpc) is 2.91. The molecule has 1 atom stereocenters. The normalized spacial score (nSPS) is 11.8. The Kier molecular flexibility index (Phi) is 9.71. The molecule has 0 bridgehead atoms. The molecule has 0 saturated carbocycles. The van der Waals surface area contributed by atoms with Crippen LogP contribution in [0.25, 0.3) is 0 Å². The molecule has 1 unspecified atom stereocenters. The van der Waals surface area contributed by atoms with Crippen molar-refractivity contribution in [2.75, 3.05) is 6.54 Å². The fourth-order valence-electron chi connectivity index (χ4n) is 3.60. The van der Waals surface area contributed by atoms with Crippen molar-refractivity contribution in [2.24, 2.45) is 0 Å². The summed E-state index contributed by atoms with van der Waals surface area (Å²) in [7, 11) is 0. The van der Waals surface area contributed by atoms with Crippen molar-refractivity contribution in [1.82, 2.24) is 10.6 Å². The number of benzene rings is 3. The summed E-state index contributed by atoms with van der Waals surface area (Å²) in [5.41, 5.74) is 1.68. The first kappa shape index (κ1) is 27.3. The molecule has 0 aliphatic heterocycles. The van der Waals surface area contributed by atoms with Crippen molar-refractivity contribution >= 4 is 18.0 Å². The van der Waals surface area contributed by atoms with Gasteiger partial charge in [0.15, 0.2) is 0 Å². The second-order valence-electron chi connectivity index (χ2n) is 8.42. The third-order valence-electron chi connectivity index (χ3n) is 5.63. The molecule has 0 saturated heterocycles. The van der Waals surface area contributed by atoms with Gasteiger partial charge in [0.25, 0.3) is 0 Å². The minimum atomic E-state index is -4.03. The molecule has 0 heterocycles. The SMILES string of the molecule is O=C(NC(Cc1ccc(C(F)(F)C(=O)O)cc1)C(=O)NCCCc1ccccc1)OCc1ccccc1. The van der Waals surface area contributed by atoms with Crippen molar-refractivity contribution in [3.63, 3.8) is 0 Å². The minimum absolute atomic E-state index is 0.0100. The molecule has 2 amide bonds. The minimum Gasteiger partial charge on any atom is -0.477 e. The Bertz CT molecular complexity index is 1170. The number of amides is 2. The van der Waals surface area contributed by atoms with Gasteiger partial charge in [-0.2, -0.15) is 8.78 Å². The Morgan fingerprint density at radius 2 is 1.43 bits per heavy atom. The lowest BCUT2D eigenvalue weighted by atomic mass is 10.0. The van der Waals surface area contributed by atoms with Crippen LogP contribution in [0.4, 0.5) is 13.6 Å². The molecule has 37 heavy (non-hydrogen) atoms. The molecule has 7 nitrogen and oxygen atoms in total. The first-order valence-corrected chi connectivity index (χ1v) is 11.7. The molecule has 0 aromatic heterocycles. The third kappa shape index (κ3) is 8.42. The molecule has 0 spiro atoms. The number of rotatable bonds is 12. The number of hydrogen-bond acceptors (Lipinski definition) is 4. The van der Waals surface area contributed by atoms with E-state index in [0.717, 1.165) is 29.7 Å². The van der Waals surface area contributed by atoms with Crippen molar-refractivity contribution < 1.29 is 33.0 Å². The predicted molar refractivity (Wildman–Crippen MR) is 133 cm³/mol. The maximum Gasteiger partial charge on any atom is 0.408 e. The molecule has 3 aromatic rings. The van der Waals surface area contributed by atoms with E-state index in [1.165, 1.54) is 12.1 Å². The molecule has 3 rings (SSSR count). The van der Waals surface area contributed by atoms with Crippen LogP contribution >= 0.6 is 0 Å². The fourth-order valence-corrected chi connectivity index (χ4v) is 3.60. The van der Waals surface area contributed by atoms with E-state index in [-0.39, 0.29) is 13.0 Å². The van der Waals surface area contributed by atoms with Crippen LogP contribution in [0.3, 0.4) is 0 Å². The summed E-state index contributed by atoms with van der Waals surface area (Å²) in [5.74, 6) is -6.74. The number of alkyl halides is 2. The van der Waals surface area contributed by atoms with Gasteiger partial charge in [-0.1, -0.05) is 84.9 Å². The van der Waals surface area contributed by atoms with Crippen LogP contribution in [0.2, 0.25) is 0 Å². The second-order valence-corrected chi connectivity index (χ2v) is 8.42. The number of halogens is 2. The molecule has 9 heteroatoms. The van der Waals surface area contributed by atoms with Crippen LogP contribution < -0.4 is 10.6 Å². The van der Waals surface area contributed by atoms with Crippen LogP contribution in [0.1, 0.15) is 28.7 Å². The molecule has 0 radical (unpaired) electrons. The number of alkyl carbamates (subject to hydrolysis) is 1. The molecular formula is C28H28F2N2O5. The van der Waals surface area contributed by atoms with Crippen LogP contribution in [-0.2, 0) is 39.7 Å². The van der Waals surface area contributed by atoms with Crippen LogP contribution in [-0.4, -0.2) is 35.7 Å². The summed E-state index contributed by atoms with van der Waals surface area (Å²) >= 11 is 0. The van der Waals surface area contributed by atoms with Crippen molar-refractivity contribution in [3.8, 4) is 0 Å². The Hall–Kier alpha value is -4.27. The quantitative estimate of drug-likeness (QED) is 0.312. The van der Waals surface area contributed by atoms with Gasteiger partial charge in [-0.3, -0.25) is 4.79 Å². The summed E-state index contributed by atoms with van der Waals surface area (Å²) in [6.45, 7) is 0.381. The lowest BCUT2D eigenvalue weighted by Crippen LogP contribution is -2.48. The second kappa shape index (κ2) is 13.2. The lowest BCUT2D eigenvalue weighted by Gasteiger charge is -2.19. The number of aryl methyl sites for hydroxylation is 1. The Balaban J connectivity index is 1.62. The number of aliphatic carboxylic acids is 1. The Morgan fingerprint density at radius 1 is 0.838 bits per heavy atom. The first-order valence-electron chi connectivity index (χ1n) is 11.7. The summed E-state index contributed by atoms with van der Waals surface area (Å²) in [5, 5.41) is 14.1. The number of carbonyl (C=O) groups is 3. The van der Waals surface area contributed by atoms with E-state index in [4.69, 9.17) is 9.84 Å². The van der Waals surface area contributed by atoms with Crippen molar-refractivity contribution in [3.05, 3.63) is 107 Å². The number of ether oxygens (including phenoxy) is 1. The highest BCUT2D eigenvalue weighted by Crippen LogP contribution is 2.28. The number of carbonyl (C=O) groups excluding carboxylic acids is 2. The van der Waals surface area contributed by atoms with Gasteiger partial charge in [0.1, 0.15) is 12.6 Å². The van der Waals surface area contributed by atoms with E-state index in [0.29, 0.717) is 18.5 Å². The highest BCUT2D eigenvalue weighted by Gasteiger charge is 2.40. The van der Waals surface area contributed by atoms with Crippen LogP contribution in [0.15, 0.2) is 84.9 Å². The zero-order chi connectivity index (χ0) is 26.7. The van der Waals surface area contributed by atoms with E-state index in [1.807, 2.05) is 36.4 Å². The molecular weight excluding hydrogens is 482 g/mol. The third-order valence-corrected chi connectivity index (χ3v) is 5.63. The highest BCUT2D eigenvalue weighted by atomic mass is 19.3. The molecule has 0 aliphatic rings. The lowest BCUT2D eigenvalue weighted by molar-refractivity contribution is -0.166. The highest BCUT2D eigenvalue weighted by molar-refractivity contribution is 5.86. The van der Waals surface area contributed by atoms with E-state index < -0.39 is 35.5 Å².